The fourth-order valence-corrected chi connectivity index (χ4v) is 2.22. The van der Waals surface area contributed by atoms with Gasteiger partial charge in [0.2, 0.25) is 0 Å². The highest BCUT2D eigenvalue weighted by molar-refractivity contribution is 5.93. The quantitative estimate of drug-likeness (QED) is 0.913. The molecule has 0 radical (unpaired) electrons. The van der Waals surface area contributed by atoms with Crippen molar-refractivity contribution in [3.05, 3.63) is 24.2 Å². The minimum absolute atomic E-state index is 0.00537. The van der Waals surface area contributed by atoms with E-state index in [1.54, 1.807) is 22.9 Å². The normalized spacial score (nSPS) is 16.0. The Morgan fingerprint density at radius 3 is 2.70 bits per heavy atom. The van der Waals surface area contributed by atoms with Gasteiger partial charge in [-0.15, -0.1) is 0 Å². The zero-order valence-corrected chi connectivity index (χ0v) is 12.0. The number of carbonyl (C=O) groups is 2. The first-order valence-corrected chi connectivity index (χ1v) is 6.95. The van der Waals surface area contributed by atoms with Crippen LogP contribution < -0.4 is 5.32 Å². The maximum absolute atomic E-state index is 12.1. The number of piperidine rings is 1. The Morgan fingerprint density at radius 1 is 1.45 bits per heavy atom. The molecule has 110 valence electrons. The standard InChI is InChI=1S/C14H21N3O3/c1-3-16(2)14(19)15-12-4-7-17(8-5-12)13(18)11-6-9-20-10-11/h6,9-10,12H,3-5,7-8H2,1-2H3,(H,15,19). The Balaban J connectivity index is 1.81. The second-order valence-corrected chi connectivity index (χ2v) is 5.04. The Labute approximate surface area is 118 Å². The van der Waals surface area contributed by atoms with Crippen LogP contribution in [0.4, 0.5) is 4.79 Å². The van der Waals surface area contributed by atoms with Crippen LogP contribution in [-0.4, -0.2) is 54.5 Å². The van der Waals surface area contributed by atoms with Crippen LogP contribution in [0.3, 0.4) is 0 Å². The molecule has 1 aliphatic heterocycles. The molecule has 1 N–H and O–H groups in total. The van der Waals surface area contributed by atoms with E-state index in [0.29, 0.717) is 25.2 Å². The molecular formula is C14H21N3O3. The van der Waals surface area contributed by atoms with E-state index >= 15 is 0 Å². The molecule has 20 heavy (non-hydrogen) atoms. The lowest BCUT2D eigenvalue weighted by molar-refractivity contribution is 0.0706. The van der Waals surface area contributed by atoms with Crippen LogP contribution in [0.5, 0.6) is 0 Å². The van der Waals surface area contributed by atoms with Crippen molar-refractivity contribution in [2.24, 2.45) is 0 Å². The number of urea groups is 1. The third kappa shape index (κ3) is 3.31. The summed E-state index contributed by atoms with van der Waals surface area (Å²) in [7, 11) is 1.77. The molecule has 0 aliphatic carbocycles. The Kier molecular flexibility index (Phi) is 4.65. The molecule has 2 heterocycles. The molecule has 1 saturated heterocycles. The summed E-state index contributed by atoms with van der Waals surface area (Å²) in [6, 6.07) is 1.77. The third-order valence-corrected chi connectivity index (χ3v) is 3.70. The van der Waals surface area contributed by atoms with Crippen LogP contribution >= 0.6 is 0 Å². The van der Waals surface area contributed by atoms with Crippen molar-refractivity contribution in [2.75, 3.05) is 26.7 Å². The van der Waals surface area contributed by atoms with Gasteiger partial charge in [0.1, 0.15) is 6.26 Å². The minimum Gasteiger partial charge on any atom is -0.472 e. The van der Waals surface area contributed by atoms with Crippen LogP contribution in [0.1, 0.15) is 30.1 Å². The molecular weight excluding hydrogens is 258 g/mol. The van der Waals surface area contributed by atoms with Gasteiger partial charge in [-0.3, -0.25) is 4.79 Å². The van der Waals surface area contributed by atoms with E-state index in [1.807, 2.05) is 6.92 Å². The van der Waals surface area contributed by atoms with E-state index in [9.17, 15) is 9.59 Å². The number of hydrogen-bond donors (Lipinski definition) is 1. The molecule has 1 aromatic rings. The number of likely N-dealkylation sites (tertiary alicyclic amines) is 1. The Morgan fingerprint density at radius 2 is 2.15 bits per heavy atom. The van der Waals surface area contributed by atoms with Crippen molar-refractivity contribution in [1.29, 1.82) is 0 Å². The number of carbonyl (C=O) groups excluding carboxylic acids is 2. The van der Waals surface area contributed by atoms with Crippen molar-refractivity contribution >= 4 is 11.9 Å². The second-order valence-electron chi connectivity index (χ2n) is 5.04. The van der Waals surface area contributed by atoms with Crippen molar-refractivity contribution in [3.63, 3.8) is 0 Å². The van der Waals surface area contributed by atoms with E-state index in [1.165, 1.54) is 12.5 Å². The average molecular weight is 279 g/mol. The number of amides is 3. The second kappa shape index (κ2) is 6.45. The van der Waals surface area contributed by atoms with Crippen molar-refractivity contribution in [1.82, 2.24) is 15.1 Å². The maximum atomic E-state index is 12.1. The topological polar surface area (TPSA) is 65.8 Å². The molecule has 0 aromatic carbocycles. The van der Waals surface area contributed by atoms with Gasteiger partial charge in [-0.25, -0.2) is 4.79 Å². The monoisotopic (exact) mass is 279 g/mol. The first kappa shape index (κ1) is 14.4. The van der Waals surface area contributed by atoms with Crippen LogP contribution in [0.2, 0.25) is 0 Å². The molecule has 6 nitrogen and oxygen atoms in total. The molecule has 6 heteroatoms. The summed E-state index contributed by atoms with van der Waals surface area (Å²) in [6.07, 6.45) is 4.53. The fraction of sp³-hybridized carbons (Fsp3) is 0.571. The van der Waals surface area contributed by atoms with Crippen LogP contribution in [0, 0.1) is 0 Å². The molecule has 2 rings (SSSR count). The van der Waals surface area contributed by atoms with Gasteiger partial charge in [0.15, 0.2) is 0 Å². The Bertz CT molecular complexity index is 450. The van der Waals surface area contributed by atoms with Crippen molar-refractivity contribution in [3.8, 4) is 0 Å². The van der Waals surface area contributed by atoms with Crippen LogP contribution in [-0.2, 0) is 0 Å². The highest BCUT2D eigenvalue weighted by Crippen LogP contribution is 2.14. The van der Waals surface area contributed by atoms with Gasteiger partial charge in [0.25, 0.3) is 5.91 Å². The fourth-order valence-electron chi connectivity index (χ4n) is 2.22. The average Bonchev–Trinajstić information content (AvgIpc) is 3.00. The van der Waals surface area contributed by atoms with Gasteiger partial charge in [0, 0.05) is 32.7 Å². The molecule has 0 atom stereocenters. The molecule has 0 bridgehead atoms. The number of rotatable bonds is 3. The summed E-state index contributed by atoms with van der Waals surface area (Å²) in [4.78, 5) is 27.3. The van der Waals surface area contributed by atoms with Gasteiger partial charge in [-0.2, -0.15) is 0 Å². The van der Waals surface area contributed by atoms with E-state index < -0.39 is 0 Å². The van der Waals surface area contributed by atoms with Gasteiger partial charge in [-0.05, 0) is 25.8 Å². The molecule has 1 aliphatic rings. The van der Waals surface area contributed by atoms with Gasteiger partial charge in [-0.1, -0.05) is 0 Å². The largest absolute Gasteiger partial charge is 0.472 e. The highest BCUT2D eigenvalue weighted by Gasteiger charge is 2.25. The lowest BCUT2D eigenvalue weighted by Crippen LogP contribution is -2.49. The summed E-state index contributed by atoms with van der Waals surface area (Å²) in [6.45, 7) is 3.94. The number of nitrogens with zero attached hydrogens (tertiary/aromatic N) is 2. The lowest BCUT2D eigenvalue weighted by Gasteiger charge is -2.33. The molecule has 0 saturated carbocycles. The van der Waals surface area contributed by atoms with E-state index in [2.05, 4.69) is 5.32 Å². The summed E-state index contributed by atoms with van der Waals surface area (Å²) >= 11 is 0. The predicted octanol–water partition coefficient (Wildman–Crippen LogP) is 1.55. The Hall–Kier alpha value is -1.98. The molecule has 0 spiro atoms. The smallest absolute Gasteiger partial charge is 0.317 e. The van der Waals surface area contributed by atoms with Gasteiger partial charge >= 0.3 is 6.03 Å². The third-order valence-electron chi connectivity index (χ3n) is 3.70. The summed E-state index contributed by atoms with van der Waals surface area (Å²) in [5, 5.41) is 2.99. The van der Waals surface area contributed by atoms with Crippen LogP contribution in [0.25, 0.3) is 0 Å². The number of hydrogen-bond acceptors (Lipinski definition) is 3. The first-order chi connectivity index (χ1) is 9.61. The minimum atomic E-state index is -0.0490. The summed E-state index contributed by atoms with van der Waals surface area (Å²) < 4.78 is 4.93. The predicted molar refractivity (Wildman–Crippen MR) is 74.5 cm³/mol. The van der Waals surface area contributed by atoms with Crippen molar-refractivity contribution in [2.45, 2.75) is 25.8 Å². The summed E-state index contributed by atoms with van der Waals surface area (Å²) in [5.41, 5.74) is 0.582. The molecule has 0 unspecified atom stereocenters. The van der Waals surface area contributed by atoms with Gasteiger partial charge in [0.05, 0.1) is 11.8 Å². The molecule has 3 amide bonds. The molecule has 1 aromatic heterocycles. The number of furan rings is 1. The highest BCUT2D eigenvalue weighted by atomic mass is 16.3. The maximum Gasteiger partial charge on any atom is 0.317 e. The SMILES string of the molecule is CCN(C)C(=O)NC1CCN(C(=O)c2ccoc2)CC1. The van der Waals surface area contributed by atoms with Gasteiger partial charge < -0.3 is 19.5 Å². The lowest BCUT2D eigenvalue weighted by atomic mass is 10.0. The summed E-state index contributed by atoms with van der Waals surface area (Å²) in [5.74, 6) is -0.00537. The molecule has 1 fully saturated rings. The van der Waals surface area contributed by atoms with E-state index in [0.717, 1.165) is 12.8 Å². The zero-order chi connectivity index (χ0) is 14.5. The van der Waals surface area contributed by atoms with Crippen molar-refractivity contribution < 1.29 is 14.0 Å². The van der Waals surface area contributed by atoms with E-state index in [4.69, 9.17) is 4.42 Å². The van der Waals surface area contributed by atoms with Crippen LogP contribution in [0.15, 0.2) is 23.0 Å². The zero-order valence-electron chi connectivity index (χ0n) is 12.0. The number of nitrogens with one attached hydrogen (secondary N) is 1. The first-order valence-electron chi connectivity index (χ1n) is 6.95. The van der Waals surface area contributed by atoms with E-state index in [-0.39, 0.29) is 18.0 Å².